The third-order valence-electron chi connectivity index (χ3n) is 2.77. The fourth-order valence-electron chi connectivity index (χ4n) is 1.59. The highest BCUT2D eigenvalue weighted by Crippen LogP contribution is 2.09. The number of esters is 1. The number of hydrogen-bond acceptors (Lipinski definition) is 5. The minimum Gasteiger partial charge on any atom is -0.465 e. The average Bonchev–Trinajstić information content (AvgIpc) is 2.49. The van der Waals surface area contributed by atoms with Crippen LogP contribution >= 0.6 is 11.6 Å². The second-order valence-corrected chi connectivity index (χ2v) is 4.65. The van der Waals surface area contributed by atoms with Crippen molar-refractivity contribution in [1.82, 2.24) is 9.71 Å². The standard InChI is InChI=1S/C14H13ClN2O4/c1-9-12(15)7-17(14(19)16-9)21-8-10-3-5-11(6-4-10)13(18)20-2/h3-7H,8H2,1-2H3. The molecule has 0 atom stereocenters. The number of benzene rings is 1. The summed E-state index contributed by atoms with van der Waals surface area (Å²) in [6.07, 6.45) is 1.37. The molecule has 1 heterocycles. The molecule has 0 amide bonds. The molecule has 0 saturated heterocycles. The second-order valence-electron chi connectivity index (χ2n) is 4.24. The third kappa shape index (κ3) is 3.61. The Hall–Kier alpha value is -2.34. The number of aromatic nitrogens is 2. The van der Waals surface area contributed by atoms with E-state index in [4.69, 9.17) is 16.4 Å². The van der Waals surface area contributed by atoms with E-state index in [9.17, 15) is 9.59 Å². The van der Waals surface area contributed by atoms with Gasteiger partial charge in [0.1, 0.15) is 6.61 Å². The summed E-state index contributed by atoms with van der Waals surface area (Å²) >= 11 is 5.89. The van der Waals surface area contributed by atoms with Crippen LogP contribution in [-0.4, -0.2) is 22.8 Å². The van der Waals surface area contributed by atoms with Crippen molar-refractivity contribution in [3.63, 3.8) is 0 Å². The van der Waals surface area contributed by atoms with Crippen molar-refractivity contribution >= 4 is 17.6 Å². The highest BCUT2D eigenvalue weighted by Gasteiger charge is 2.06. The van der Waals surface area contributed by atoms with Gasteiger partial charge in [0, 0.05) is 0 Å². The molecule has 0 bridgehead atoms. The lowest BCUT2D eigenvalue weighted by Crippen LogP contribution is -2.29. The molecule has 7 heteroatoms. The van der Waals surface area contributed by atoms with E-state index in [1.165, 1.54) is 13.3 Å². The van der Waals surface area contributed by atoms with Crippen LogP contribution in [0.3, 0.4) is 0 Å². The first kappa shape index (κ1) is 15.1. The van der Waals surface area contributed by atoms with Crippen molar-refractivity contribution < 1.29 is 14.4 Å². The molecule has 0 aliphatic carbocycles. The highest BCUT2D eigenvalue weighted by molar-refractivity contribution is 6.31. The Bertz CT molecular complexity index is 710. The Balaban J connectivity index is 2.08. The van der Waals surface area contributed by atoms with Crippen LogP contribution < -0.4 is 10.5 Å². The first-order valence-electron chi connectivity index (χ1n) is 6.07. The van der Waals surface area contributed by atoms with Crippen molar-refractivity contribution in [3.8, 4) is 0 Å². The molecule has 21 heavy (non-hydrogen) atoms. The van der Waals surface area contributed by atoms with Gasteiger partial charge in [-0.05, 0) is 24.6 Å². The van der Waals surface area contributed by atoms with Crippen LogP contribution in [-0.2, 0) is 11.3 Å². The maximum absolute atomic E-state index is 11.6. The molecule has 0 N–H and O–H groups in total. The van der Waals surface area contributed by atoms with E-state index in [0.717, 1.165) is 10.3 Å². The van der Waals surface area contributed by atoms with E-state index in [1.54, 1.807) is 31.2 Å². The third-order valence-corrected chi connectivity index (χ3v) is 3.14. The Morgan fingerprint density at radius 1 is 1.33 bits per heavy atom. The van der Waals surface area contributed by atoms with Crippen molar-refractivity contribution in [2.24, 2.45) is 0 Å². The van der Waals surface area contributed by atoms with Crippen LogP contribution in [0.2, 0.25) is 5.02 Å². The summed E-state index contributed by atoms with van der Waals surface area (Å²) in [7, 11) is 1.32. The predicted octanol–water partition coefficient (Wildman–Crippen LogP) is 1.62. The molecule has 1 aromatic heterocycles. The van der Waals surface area contributed by atoms with Gasteiger partial charge in [-0.3, -0.25) is 0 Å². The minimum absolute atomic E-state index is 0.141. The molecule has 1 aromatic carbocycles. The predicted molar refractivity (Wildman–Crippen MR) is 76.3 cm³/mol. The summed E-state index contributed by atoms with van der Waals surface area (Å²) in [6.45, 7) is 1.78. The fourth-order valence-corrected chi connectivity index (χ4v) is 1.72. The van der Waals surface area contributed by atoms with Crippen LogP contribution in [0.4, 0.5) is 0 Å². The number of halogens is 1. The lowest BCUT2D eigenvalue weighted by atomic mass is 10.1. The molecule has 0 saturated carbocycles. The minimum atomic E-state index is -0.539. The van der Waals surface area contributed by atoms with E-state index in [2.05, 4.69) is 9.72 Å². The van der Waals surface area contributed by atoms with Gasteiger partial charge in [0.2, 0.25) is 0 Å². The van der Waals surface area contributed by atoms with E-state index in [1.807, 2.05) is 0 Å². The first-order valence-corrected chi connectivity index (χ1v) is 6.45. The lowest BCUT2D eigenvalue weighted by molar-refractivity contribution is 0.0600. The SMILES string of the molecule is COC(=O)c1ccc(COn2cc(Cl)c(C)nc2=O)cc1. The topological polar surface area (TPSA) is 70.4 Å². The largest absolute Gasteiger partial charge is 0.465 e. The Morgan fingerprint density at radius 2 is 2.00 bits per heavy atom. The van der Waals surface area contributed by atoms with Crippen LogP contribution in [0.1, 0.15) is 21.6 Å². The smallest absolute Gasteiger partial charge is 0.380 e. The molecule has 6 nitrogen and oxygen atoms in total. The zero-order valence-electron chi connectivity index (χ0n) is 11.5. The van der Waals surface area contributed by atoms with Gasteiger partial charge >= 0.3 is 11.7 Å². The molecule has 110 valence electrons. The summed E-state index contributed by atoms with van der Waals surface area (Å²) in [5, 5.41) is 0.343. The van der Waals surface area contributed by atoms with Crippen molar-refractivity contribution in [3.05, 3.63) is 62.8 Å². The molecule has 0 unspecified atom stereocenters. The molecule has 0 fully saturated rings. The molecule has 0 spiro atoms. The van der Waals surface area contributed by atoms with Crippen molar-refractivity contribution in [2.75, 3.05) is 7.11 Å². The number of ether oxygens (including phenoxy) is 1. The number of rotatable bonds is 4. The summed E-state index contributed by atoms with van der Waals surface area (Å²) in [5.41, 5.74) is 1.14. The van der Waals surface area contributed by atoms with E-state index in [0.29, 0.717) is 16.3 Å². The number of hydrogen-bond donors (Lipinski definition) is 0. The Labute approximate surface area is 125 Å². The van der Waals surface area contributed by atoms with Gasteiger partial charge in [0.05, 0.1) is 29.6 Å². The number of carbonyl (C=O) groups is 1. The lowest BCUT2D eigenvalue weighted by Gasteiger charge is -2.09. The number of carbonyl (C=O) groups excluding carboxylic acids is 1. The van der Waals surface area contributed by atoms with Crippen LogP contribution in [0.15, 0.2) is 35.3 Å². The zero-order chi connectivity index (χ0) is 15.4. The highest BCUT2D eigenvalue weighted by atomic mass is 35.5. The van der Waals surface area contributed by atoms with Gasteiger partial charge in [-0.1, -0.05) is 23.7 Å². The molecule has 2 aromatic rings. The molecule has 0 aliphatic heterocycles. The fraction of sp³-hybridized carbons (Fsp3) is 0.214. The quantitative estimate of drug-likeness (QED) is 0.803. The summed E-state index contributed by atoms with van der Waals surface area (Å²) in [6, 6.07) is 6.66. The number of methoxy groups -OCH3 is 1. The van der Waals surface area contributed by atoms with Gasteiger partial charge in [0.15, 0.2) is 0 Å². The summed E-state index contributed by atoms with van der Waals surface area (Å²) < 4.78 is 5.58. The van der Waals surface area contributed by atoms with Crippen LogP contribution in [0, 0.1) is 6.92 Å². The number of aryl methyl sites for hydroxylation is 1. The monoisotopic (exact) mass is 308 g/mol. The van der Waals surface area contributed by atoms with Crippen LogP contribution in [0.25, 0.3) is 0 Å². The maximum atomic E-state index is 11.6. The Morgan fingerprint density at radius 3 is 2.62 bits per heavy atom. The Kier molecular flexibility index (Phi) is 4.59. The summed E-state index contributed by atoms with van der Waals surface area (Å²) in [5.74, 6) is -0.409. The van der Waals surface area contributed by atoms with E-state index >= 15 is 0 Å². The molecular weight excluding hydrogens is 296 g/mol. The number of nitrogens with zero attached hydrogens (tertiary/aromatic N) is 2. The van der Waals surface area contributed by atoms with Gasteiger partial charge in [-0.25, -0.2) is 9.59 Å². The molecule has 2 rings (SSSR count). The van der Waals surface area contributed by atoms with E-state index in [-0.39, 0.29) is 6.61 Å². The molecule has 0 radical (unpaired) electrons. The van der Waals surface area contributed by atoms with E-state index < -0.39 is 11.7 Å². The van der Waals surface area contributed by atoms with Crippen molar-refractivity contribution in [1.29, 1.82) is 0 Å². The average molecular weight is 309 g/mol. The molecule has 0 aliphatic rings. The zero-order valence-corrected chi connectivity index (χ0v) is 12.3. The van der Waals surface area contributed by atoms with Gasteiger partial charge in [-0.2, -0.15) is 4.98 Å². The normalized spacial score (nSPS) is 10.2. The van der Waals surface area contributed by atoms with Crippen LogP contribution in [0.5, 0.6) is 0 Å². The maximum Gasteiger partial charge on any atom is 0.380 e. The first-order chi connectivity index (χ1) is 10.0. The second kappa shape index (κ2) is 6.41. The van der Waals surface area contributed by atoms with Gasteiger partial charge in [0.25, 0.3) is 0 Å². The van der Waals surface area contributed by atoms with Gasteiger partial charge in [-0.15, -0.1) is 4.73 Å². The molecular formula is C14H13ClN2O4. The van der Waals surface area contributed by atoms with Gasteiger partial charge < -0.3 is 9.57 Å². The summed E-state index contributed by atoms with van der Waals surface area (Å²) in [4.78, 5) is 31.9. The van der Waals surface area contributed by atoms with Crippen molar-refractivity contribution in [2.45, 2.75) is 13.5 Å².